The van der Waals surface area contributed by atoms with Crippen molar-refractivity contribution in [3.8, 4) is 5.69 Å². The molecule has 0 radical (unpaired) electrons. The van der Waals surface area contributed by atoms with Crippen LogP contribution in [-0.4, -0.2) is 35.5 Å². The summed E-state index contributed by atoms with van der Waals surface area (Å²) in [6, 6.07) is 18.4. The Hall–Kier alpha value is -2.16. The van der Waals surface area contributed by atoms with E-state index in [1.54, 1.807) is 30.3 Å². The van der Waals surface area contributed by atoms with Crippen LogP contribution >= 0.6 is 11.8 Å². The van der Waals surface area contributed by atoms with Crippen molar-refractivity contribution in [2.45, 2.75) is 28.8 Å². The molecular weight excluding hydrogens is 380 g/mol. The van der Waals surface area contributed by atoms with Crippen LogP contribution in [0.2, 0.25) is 0 Å². The monoisotopic (exact) mass is 400 g/mol. The zero-order chi connectivity index (χ0) is 18.7. The first-order valence-electron chi connectivity index (χ1n) is 8.83. The summed E-state index contributed by atoms with van der Waals surface area (Å²) in [4.78, 5) is 4.95. The fourth-order valence-electron chi connectivity index (χ4n) is 2.73. The van der Waals surface area contributed by atoms with Gasteiger partial charge in [-0.05, 0) is 37.1 Å². The van der Waals surface area contributed by atoms with Crippen molar-refractivity contribution in [2.75, 3.05) is 12.3 Å². The smallest absolute Gasteiger partial charge is 0.216 e. The van der Waals surface area contributed by atoms with Crippen molar-refractivity contribution in [1.82, 2.24) is 19.5 Å². The lowest BCUT2D eigenvalue weighted by Gasteiger charge is -2.05. The van der Waals surface area contributed by atoms with Crippen molar-refractivity contribution >= 4 is 21.8 Å². The zero-order valence-corrected chi connectivity index (χ0v) is 16.3. The van der Waals surface area contributed by atoms with Crippen molar-refractivity contribution < 1.29 is 8.42 Å². The van der Waals surface area contributed by atoms with E-state index in [0.717, 1.165) is 24.4 Å². The highest BCUT2D eigenvalue weighted by molar-refractivity contribution is 7.99. The van der Waals surface area contributed by atoms with Crippen molar-refractivity contribution in [1.29, 1.82) is 0 Å². The molecule has 1 heterocycles. The predicted octanol–water partition coefficient (Wildman–Crippen LogP) is 3.22. The molecule has 0 spiro atoms. The molecule has 3 aromatic rings. The van der Waals surface area contributed by atoms with E-state index in [9.17, 15) is 8.42 Å². The molecule has 140 valence electrons. The Kier molecular flexibility index (Phi) is 5.29. The molecule has 0 aliphatic heterocycles. The minimum absolute atomic E-state index is 0.275. The predicted molar refractivity (Wildman–Crippen MR) is 106 cm³/mol. The summed E-state index contributed by atoms with van der Waals surface area (Å²) in [7, 11) is -3.47. The Labute approximate surface area is 163 Å². The van der Waals surface area contributed by atoms with Gasteiger partial charge in [-0.1, -0.05) is 48.2 Å². The molecule has 0 bridgehead atoms. The third-order valence-corrected chi connectivity index (χ3v) is 6.55. The average molecular weight is 401 g/mol. The molecule has 1 fully saturated rings. The lowest BCUT2D eigenvalue weighted by Crippen LogP contribution is -2.26. The van der Waals surface area contributed by atoms with Gasteiger partial charge < -0.3 is 0 Å². The molecule has 6 nitrogen and oxygen atoms in total. The van der Waals surface area contributed by atoms with E-state index < -0.39 is 10.0 Å². The van der Waals surface area contributed by atoms with Gasteiger partial charge in [0.1, 0.15) is 5.82 Å². The lowest BCUT2D eigenvalue weighted by molar-refractivity contribution is 0.584. The molecule has 0 amide bonds. The van der Waals surface area contributed by atoms with Crippen molar-refractivity contribution in [3.05, 3.63) is 66.5 Å². The first-order valence-corrected chi connectivity index (χ1v) is 11.3. The van der Waals surface area contributed by atoms with Gasteiger partial charge in [-0.25, -0.2) is 22.8 Å². The van der Waals surface area contributed by atoms with Gasteiger partial charge in [0.15, 0.2) is 0 Å². The molecular formula is C19H20N4O2S2. The summed E-state index contributed by atoms with van der Waals surface area (Å²) < 4.78 is 29.0. The van der Waals surface area contributed by atoms with E-state index in [1.807, 2.05) is 35.0 Å². The first-order chi connectivity index (χ1) is 13.1. The fraction of sp³-hybridized carbons (Fsp3) is 0.263. The van der Waals surface area contributed by atoms with Gasteiger partial charge in [0, 0.05) is 18.2 Å². The molecule has 1 aromatic heterocycles. The van der Waals surface area contributed by atoms with Crippen LogP contribution in [0.15, 0.2) is 70.7 Å². The lowest BCUT2D eigenvalue weighted by atomic mass is 10.3. The van der Waals surface area contributed by atoms with Gasteiger partial charge in [-0.3, -0.25) is 0 Å². The molecule has 0 atom stereocenters. The topological polar surface area (TPSA) is 76.9 Å². The summed E-state index contributed by atoms with van der Waals surface area (Å²) in [5, 5.41) is 5.31. The number of para-hydroxylation sites is 1. The molecule has 0 unspecified atom stereocenters. The Bertz CT molecular complexity index is 1000. The summed E-state index contributed by atoms with van der Waals surface area (Å²) in [5.74, 6) is 2.03. The third-order valence-electron chi connectivity index (χ3n) is 4.23. The standard InChI is InChI=1S/C19H20N4O2S2/c24-27(25,17-9-5-2-6-10-17)20-13-14-26-19-21-18(15-11-12-15)23(22-19)16-7-3-1-4-8-16/h1-10,15,20H,11-14H2. The first kappa shape index (κ1) is 18.2. The van der Waals surface area contributed by atoms with Gasteiger partial charge in [-0.15, -0.1) is 5.10 Å². The minimum Gasteiger partial charge on any atom is -0.216 e. The zero-order valence-electron chi connectivity index (χ0n) is 14.7. The number of hydrogen-bond donors (Lipinski definition) is 1. The van der Waals surface area contributed by atoms with Crippen molar-refractivity contribution in [3.63, 3.8) is 0 Å². The number of benzene rings is 2. The second kappa shape index (κ2) is 7.84. The summed E-state index contributed by atoms with van der Waals surface area (Å²) in [5.41, 5.74) is 1.00. The molecule has 1 N–H and O–H groups in total. The number of nitrogens with zero attached hydrogens (tertiary/aromatic N) is 3. The number of thioether (sulfide) groups is 1. The second-order valence-electron chi connectivity index (χ2n) is 6.33. The van der Waals surface area contributed by atoms with Gasteiger partial charge in [-0.2, -0.15) is 0 Å². The molecule has 4 rings (SSSR count). The van der Waals surface area contributed by atoms with Gasteiger partial charge >= 0.3 is 0 Å². The number of aromatic nitrogens is 3. The Morgan fingerprint density at radius 3 is 2.37 bits per heavy atom. The van der Waals surface area contributed by atoms with Gasteiger partial charge in [0.25, 0.3) is 0 Å². The van der Waals surface area contributed by atoms with Crippen LogP contribution in [-0.2, 0) is 10.0 Å². The maximum absolute atomic E-state index is 12.2. The molecule has 27 heavy (non-hydrogen) atoms. The highest BCUT2D eigenvalue weighted by Crippen LogP contribution is 2.40. The van der Waals surface area contributed by atoms with E-state index in [4.69, 9.17) is 0 Å². The number of hydrogen-bond acceptors (Lipinski definition) is 5. The number of rotatable bonds is 8. The fourth-order valence-corrected chi connectivity index (χ4v) is 4.60. The van der Waals surface area contributed by atoms with Crippen LogP contribution in [0.3, 0.4) is 0 Å². The summed E-state index contributed by atoms with van der Waals surface area (Å²) in [6.45, 7) is 0.320. The van der Waals surface area contributed by atoms with Crippen LogP contribution in [0, 0.1) is 0 Å². The SMILES string of the molecule is O=S(=O)(NCCSc1nc(C2CC2)n(-c2ccccc2)n1)c1ccccc1. The van der Waals surface area contributed by atoms with E-state index in [0.29, 0.717) is 23.4 Å². The molecule has 0 saturated heterocycles. The minimum atomic E-state index is -3.47. The summed E-state index contributed by atoms with van der Waals surface area (Å²) in [6.07, 6.45) is 2.29. The van der Waals surface area contributed by atoms with Gasteiger partial charge in [0.2, 0.25) is 15.2 Å². The number of sulfonamides is 1. The molecule has 1 saturated carbocycles. The van der Waals surface area contributed by atoms with Crippen LogP contribution in [0.4, 0.5) is 0 Å². The molecule has 8 heteroatoms. The van der Waals surface area contributed by atoms with Crippen LogP contribution in [0.25, 0.3) is 5.69 Å². The highest BCUT2D eigenvalue weighted by atomic mass is 32.2. The molecule has 1 aliphatic carbocycles. The van der Waals surface area contributed by atoms with E-state index >= 15 is 0 Å². The maximum Gasteiger partial charge on any atom is 0.240 e. The summed E-state index contributed by atoms with van der Waals surface area (Å²) >= 11 is 1.46. The largest absolute Gasteiger partial charge is 0.240 e. The average Bonchev–Trinajstić information content (AvgIpc) is 3.46. The van der Waals surface area contributed by atoms with Crippen LogP contribution in [0.1, 0.15) is 24.6 Å². The van der Waals surface area contributed by atoms with Gasteiger partial charge in [0.05, 0.1) is 10.6 Å². The Balaban J connectivity index is 1.39. The Morgan fingerprint density at radius 2 is 1.70 bits per heavy atom. The van der Waals surface area contributed by atoms with E-state index in [2.05, 4.69) is 14.8 Å². The number of nitrogens with one attached hydrogen (secondary N) is 1. The van der Waals surface area contributed by atoms with E-state index in [-0.39, 0.29) is 4.90 Å². The highest BCUT2D eigenvalue weighted by Gasteiger charge is 2.30. The van der Waals surface area contributed by atoms with Crippen LogP contribution < -0.4 is 4.72 Å². The molecule has 1 aliphatic rings. The third kappa shape index (κ3) is 4.40. The van der Waals surface area contributed by atoms with Crippen molar-refractivity contribution in [2.24, 2.45) is 0 Å². The van der Waals surface area contributed by atoms with Crippen LogP contribution in [0.5, 0.6) is 0 Å². The quantitative estimate of drug-likeness (QED) is 0.464. The van der Waals surface area contributed by atoms with E-state index in [1.165, 1.54) is 11.8 Å². The second-order valence-corrected chi connectivity index (χ2v) is 9.16. The normalized spacial score (nSPS) is 14.4. The molecule has 2 aromatic carbocycles. The maximum atomic E-state index is 12.2. The Morgan fingerprint density at radius 1 is 1.04 bits per heavy atom.